The molecule has 0 spiro atoms. The smallest absolute Gasteiger partial charge is 0.194 e. The van der Waals surface area contributed by atoms with Gasteiger partial charge < -0.3 is 4.98 Å². The number of H-pyrrole nitrogens is 1. The number of benzene rings is 2. The van der Waals surface area contributed by atoms with Crippen LogP contribution in [0.3, 0.4) is 0 Å². The number of aromatic nitrogens is 1. The van der Waals surface area contributed by atoms with Crippen molar-refractivity contribution < 1.29 is 4.39 Å². The molecule has 0 radical (unpaired) electrons. The van der Waals surface area contributed by atoms with E-state index in [1.807, 2.05) is 12.1 Å². The monoisotopic (exact) mass is 342 g/mol. The third kappa shape index (κ3) is 2.72. The average molecular weight is 343 g/mol. The second-order valence-corrected chi connectivity index (χ2v) is 6.59. The fourth-order valence-electron chi connectivity index (χ4n) is 3.31. The Balaban J connectivity index is 1.69. The molecule has 2 aromatic carbocycles. The largest absolute Gasteiger partial charge is 0.358 e. The van der Waals surface area contributed by atoms with Crippen molar-refractivity contribution in [1.82, 2.24) is 9.88 Å². The summed E-state index contributed by atoms with van der Waals surface area (Å²) in [5.74, 6) is -0.206. The summed E-state index contributed by atoms with van der Waals surface area (Å²) in [6.07, 6.45) is 0.748. The molecule has 3 nitrogen and oxygen atoms in total. The summed E-state index contributed by atoms with van der Waals surface area (Å²) in [5.41, 5.74) is 3.21. The molecule has 3 aromatic rings. The van der Waals surface area contributed by atoms with Crippen LogP contribution in [-0.2, 0) is 19.5 Å². The predicted octanol–water partition coefficient (Wildman–Crippen LogP) is 3.88. The lowest BCUT2D eigenvalue weighted by atomic mass is 10.0. The third-order valence-electron chi connectivity index (χ3n) is 4.56. The van der Waals surface area contributed by atoms with Crippen LogP contribution >= 0.6 is 11.6 Å². The van der Waals surface area contributed by atoms with Crippen LogP contribution in [0.15, 0.2) is 47.3 Å². The number of rotatable bonds is 2. The number of hydrogen-bond donors (Lipinski definition) is 1. The molecule has 0 atom stereocenters. The highest BCUT2D eigenvalue weighted by Gasteiger charge is 2.21. The van der Waals surface area contributed by atoms with E-state index >= 15 is 0 Å². The van der Waals surface area contributed by atoms with Gasteiger partial charge in [-0.15, -0.1) is 0 Å². The molecule has 2 heterocycles. The topological polar surface area (TPSA) is 36.1 Å². The maximum atomic E-state index is 13.9. The van der Waals surface area contributed by atoms with Gasteiger partial charge in [0.15, 0.2) is 5.43 Å². The van der Waals surface area contributed by atoms with Crippen LogP contribution in [0.1, 0.15) is 16.8 Å². The minimum Gasteiger partial charge on any atom is -0.358 e. The van der Waals surface area contributed by atoms with E-state index in [2.05, 4.69) is 9.88 Å². The van der Waals surface area contributed by atoms with E-state index in [9.17, 15) is 9.18 Å². The van der Waals surface area contributed by atoms with Crippen LogP contribution in [-0.4, -0.2) is 16.4 Å². The molecule has 0 fully saturated rings. The molecule has 122 valence electrons. The molecule has 4 rings (SSSR count). The van der Waals surface area contributed by atoms with E-state index in [0.717, 1.165) is 29.7 Å². The van der Waals surface area contributed by atoms with Crippen molar-refractivity contribution >= 4 is 22.5 Å². The predicted molar refractivity (Wildman–Crippen MR) is 93.8 cm³/mol. The SMILES string of the molecule is O=c1c2c([nH]c3ccc(Cl)cc13)CCN(Cc1ccccc1F)C2. The number of aromatic amines is 1. The number of fused-ring (bicyclic) bond motifs is 2. The Labute approximate surface area is 143 Å². The zero-order valence-electron chi connectivity index (χ0n) is 13.0. The van der Waals surface area contributed by atoms with Gasteiger partial charge in [0.05, 0.1) is 0 Å². The summed E-state index contributed by atoms with van der Waals surface area (Å²) in [7, 11) is 0. The van der Waals surface area contributed by atoms with Gasteiger partial charge in [0.25, 0.3) is 0 Å². The average Bonchev–Trinajstić information content (AvgIpc) is 2.58. The first-order chi connectivity index (χ1) is 11.6. The lowest BCUT2D eigenvalue weighted by Gasteiger charge is -2.28. The standard InChI is InChI=1S/C19H16ClFN2O/c20-13-5-6-17-14(9-13)19(24)15-11-23(8-7-18(15)22-17)10-12-3-1-2-4-16(12)21/h1-6,9H,7-8,10-11H2,(H,22,24). The molecule has 0 saturated carbocycles. The highest BCUT2D eigenvalue weighted by molar-refractivity contribution is 6.31. The van der Waals surface area contributed by atoms with E-state index in [1.165, 1.54) is 6.07 Å². The second kappa shape index (κ2) is 6.04. The molecule has 1 N–H and O–H groups in total. The van der Waals surface area contributed by atoms with Gasteiger partial charge in [-0.3, -0.25) is 9.69 Å². The van der Waals surface area contributed by atoms with Crippen molar-refractivity contribution in [2.75, 3.05) is 6.54 Å². The molecule has 24 heavy (non-hydrogen) atoms. The molecule has 0 amide bonds. The lowest BCUT2D eigenvalue weighted by Crippen LogP contribution is -2.34. The summed E-state index contributed by atoms with van der Waals surface area (Å²) < 4.78 is 13.9. The Bertz CT molecular complexity index is 983. The van der Waals surface area contributed by atoms with Crippen LogP contribution in [0.5, 0.6) is 0 Å². The zero-order chi connectivity index (χ0) is 16.7. The Morgan fingerprint density at radius 2 is 2.04 bits per heavy atom. The number of pyridine rings is 1. The molecule has 1 aromatic heterocycles. The fraction of sp³-hybridized carbons (Fsp3) is 0.211. The molecular weight excluding hydrogens is 327 g/mol. The number of nitrogens with zero attached hydrogens (tertiary/aromatic N) is 1. The Hall–Kier alpha value is -2.17. The maximum absolute atomic E-state index is 13.9. The van der Waals surface area contributed by atoms with Gasteiger partial charge in [-0.2, -0.15) is 0 Å². The van der Waals surface area contributed by atoms with Gasteiger partial charge in [-0.05, 0) is 24.3 Å². The first-order valence-electron chi connectivity index (χ1n) is 7.91. The zero-order valence-corrected chi connectivity index (χ0v) is 13.7. The molecular formula is C19H16ClFN2O. The summed E-state index contributed by atoms with van der Waals surface area (Å²) >= 11 is 6.02. The molecule has 1 aliphatic rings. The van der Waals surface area contributed by atoms with E-state index in [0.29, 0.717) is 29.1 Å². The van der Waals surface area contributed by atoms with Gasteiger partial charge in [0.2, 0.25) is 0 Å². The number of hydrogen-bond acceptors (Lipinski definition) is 2. The third-order valence-corrected chi connectivity index (χ3v) is 4.80. The van der Waals surface area contributed by atoms with Crippen LogP contribution in [0.4, 0.5) is 4.39 Å². The first kappa shape index (κ1) is 15.4. The Kier molecular flexibility index (Phi) is 3.87. The van der Waals surface area contributed by atoms with Crippen molar-refractivity contribution in [2.24, 2.45) is 0 Å². The molecule has 0 aliphatic carbocycles. The normalized spacial score (nSPS) is 14.8. The van der Waals surface area contributed by atoms with Crippen LogP contribution in [0.25, 0.3) is 10.9 Å². The summed E-state index contributed by atoms with van der Waals surface area (Å²) in [6, 6.07) is 12.1. The fourth-order valence-corrected chi connectivity index (χ4v) is 3.48. The second-order valence-electron chi connectivity index (χ2n) is 6.15. The van der Waals surface area contributed by atoms with Crippen LogP contribution < -0.4 is 5.43 Å². The minimum atomic E-state index is -0.206. The van der Waals surface area contributed by atoms with Gasteiger partial charge in [0, 0.05) is 58.8 Å². The maximum Gasteiger partial charge on any atom is 0.194 e. The molecule has 1 aliphatic heterocycles. The summed E-state index contributed by atoms with van der Waals surface area (Å²) in [6.45, 7) is 1.80. The minimum absolute atomic E-state index is 0.0134. The molecule has 0 unspecified atom stereocenters. The van der Waals surface area contributed by atoms with E-state index in [1.54, 1.807) is 24.3 Å². The number of halogens is 2. The van der Waals surface area contributed by atoms with Crippen molar-refractivity contribution in [1.29, 1.82) is 0 Å². The van der Waals surface area contributed by atoms with E-state index in [4.69, 9.17) is 11.6 Å². The van der Waals surface area contributed by atoms with Crippen molar-refractivity contribution in [3.8, 4) is 0 Å². The quantitative estimate of drug-likeness (QED) is 0.767. The van der Waals surface area contributed by atoms with Gasteiger partial charge in [-0.1, -0.05) is 29.8 Å². The van der Waals surface area contributed by atoms with Gasteiger partial charge >= 0.3 is 0 Å². The van der Waals surface area contributed by atoms with E-state index < -0.39 is 0 Å². The molecule has 0 saturated heterocycles. The molecule has 5 heteroatoms. The Morgan fingerprint density at radius 1 is 1.21 bits per heavy atom. The van der Waals surface area contributed by atoms with Crippen molar-refractivity contribution in [2.45, 2.75) is 19.5 Å². The lowest BCUT2D eigenvalue weighted by molar-refractivity contribution is 0.239. The van der Waals surface area contributed by atoms with E-state index in [-0.39, 0.29) is 11.2 Å². The van der Waals surface area contributed by atoms with Crippen LogP contribution in [0, 0.1) is 5.82 Å². The Morgan fingerprint density at radius 3 is 2.88 bits per heavy atom. The van der Waals surface area contributed by atoms with Crippen molar-refractivity contribution in [3.05, 3.63) is 80.3 Å². The van der Waals surface area contributed by atoms with Crippen LogP contribution in [0.2, 0.25) is 5.02 Å². The summed E-state index contributed by atoms with van der Waals surface area (Å²) in [4.78, 5) is 18.3. The summed E-state index contributed by atoms with van der Waals surface area (Å²) in [5, 5.41) is 1.15. The van der Waals surface area contributed by atoms with Gasteiger partial charge in [-0.25, -0.2) is 4.39 Å². The highest BCUT2D eigenvalue weighted by atomic mass is 35.5. The number of nitrogens with one attached hydrogen (secondary N) is 1. The molecule has 0 bridgehead atoms. The van der Waals surface area contributed by atoms with Gasteiger partial charge in [0.1, 0.15) is 5.82 Å². The van der Waals surface area contributed by atoms with Crippen molar-refractivity contribution in [3.63, 3.8) is 0 Å². The highest BCUT2D eigenvalue weighted by Crippen LogP contribution is 2.22. The first-order valence-corrected chi connectivity index (χ1v) is 8.28.